The highest BCUT2D eigenvalue weighted by Crippen LogP contribution is 2.13. The minimum Gasteiger partial charge on any atom is -0.373 e. The van der Waals surface area contributed by atoms with Crippen LogP contribution >= 0.6 is 0 Å². The Labute approximate surface area is 103 Å². The number of hydrogen-bond donors (Lipinski definition) is 1. The minimum atomic E-state index is 0.885. The molecule has 1 aliphatic heterocycles. The van der Waals surface area contributed by atoms with Crippen LogP contribution in [0.15, 0.2) is 6.07 Å². The first-order chi connectivity index (χ1) is 8.28. The Kier molecular flexibility index (Phi) is 4.31. The van der Waals surface area contributed by atoms with Gasteiger partial charge in [0.15, 0.2) is 0 Å². The van der Waals surface area contributed by atoms with Crippen molar-refractivity contribution in [3.8, 4) is 0 Å². The number of aryl methyl sites for hydroxylation is 1. The van der Waals surface area contributed by atoms with Gasteiger partial charge in [-0.2, -0.15) is 0 Å². The summed E-state index contributed by atoms with van der Waals surface area (Å²) in [5, 5.41) is 3.09. The molecule has 0 saturated carbocycles. The second-order valence-corrected chi connectivity index (χ2v) is 4.75. The van der Waals surface area contributed by atoms with Crippen LogP contribution in [0.1, 0.15) is 37.2 Å². The van der Waals surface area contributed by atoms with Crippen LogP contribution in [-0.2, 0) is 6.54 Å². The molecule has 0 aromatic carbocycles. The molecule has 0 radical (unpaired) electrons. The highest BCUT2D eigenvalue weighted by Gasteiger charge is 2.11. The van der Waals surface area contributed by atoms with Crippen LogP contribution in [0.25, 0.3) is 0 Å². The van der Waals surface area contributed by atoms with E-state index in [2.05, 4.69) is 20.2 Å². The van der Waals surface area contributed by atoms with Gasteiger partial charge in [-0.25, -0.2) is 9.97 Å². The third-order valence-corrected chi connectivity index (χ3v) is 3.22. The van der Waals surface area contributed by atoms with E-state index in [9.17, 15) is 0 Å². The lowest BCUT2D eigenvalue weighted by atomic mass is 10.2. The van der Waals surface area contributed by atoms with Crippen molar-refractivity contribution >= 4 is 5.82 Å². The van der Waals surface area contributed by atoms with Crippen LogP contribution in [0.3, 0.4) is 0 Å². The van der Waals surface area contributed by atoms with Crippen LogP contribution in [-0.4, -0.2) is 35.0 Å². The molecule has 1 fully saturated rings. The number of nitrogens with zero attached hydrogens (tertiary/aromatic N) is 3. The topological polar surface area (TPSA) is 41.1 Å². The quantitative estimate of drug-likeness (QED) is 0.870. The predicted molar refractivity (Wildman–Crippen MR) is 70.1 cm³/mol. The van der Waals surface area contributed by atoms with Gasteiger partial charge in [0.2, 0.25) is 0 Å². The van der Waals surface area contributed by atoms with E-state index in [4.69, 9.17) is 0 Å². The number of anilines is 1. The van der Waals surface area contributed by atoms with Gasteiger partial charge in [-0.05, 0) is 32.9 Å². The molecule has 94 valence electrons. The molecule has 17 heavy (non-hydrogen) atoms. The molecule has 1 saturated heterocycles. The summed E-state index contributed by atoms with van der Waals surface area (Å²) in [4.78, 5) is 11.5. The lowest BCUT2D eigenvalue weighted by Gasteiger charge is -2.19. The molecule has 2 heterocycles. The van der Waals surface area contributed by atoms with Crippen LogP contribution < -0.4 is 5.32 Å². The summed E-state index contributed by atoms with van der Waals surface area (Å²) < 4.78 is 0. The first-order valence-corrected chi connectivity index (χ1v) is 6.52. The summed E-state index contributed by atoms with van der Waals surface area (Å²) in [5.74, 6) is 1.86. The van der Waals surface area contributed by atoms with E-state index in [0.29, 0.717) is 0 Å². The molecule has 0 atom stereocenters. The van der Waals surface area contributed by atoms with Crippen molar-refractivity contribution in [3.05, 3.63) is 17.6 Å². The standard InChI is InChI=1S/C13H22N4/c1-11-9-12(14-2)16-13(15-11)10-17-7-5-3-4-6-8-17/h9H,3-8,10H2,1-2H3,(H,14,15,16). The van der Waals surface area contributed by atoms with E-state index in [1.807, 2.05) is 20.0 Å². The largest absolute Gasteiger partial charge is 0.373 e. The molecule has 0 spiro atoms. The van der Waals surface area contributed by atoms with Crippen molar-refractivity contribution in [1.82, 2.24) is 14.9 Å². The van der Waals surface area contributed by atoms with Crippen LogP contribution in [0.4, 0.5) is 5.82 Å². The van der Waals surface area contributed by atoms with Gasteiger partial charge in [-0.3, -0.25) is 4.90 Å². The fraction of sp³-hybridized carbons (Fsp3) is 0.692. The van der Waals surface area contributed by atoms with E-state index in [1.54, 1.807) is 0 Å². The Balaban J connectivity index is 2.03. The molecule has 1 N–H and O–H groups in total. The van der Waals surface area contributed by atoms with Gasteiger partial charge in [0.1, 0.15) is 11.6 Å². The third kappa shape index (κ3) is 3.66. The summed E-state index contributed by atoms with van der Waals surface area (Å²) in [7, 11) is 1.90. The molecular weight excluding hydrogens is 212 g/mol. The number of nitrogens with one attached hydrogen (secondary N) is 1. The normalized spacial score (nSPS) is 17.8. The van der Waals surface area contributed by atoms with Crippen molar-refractivity contribution in [1.29, 1.82) is 0 Å². The van der Waals surface area contributed by atoms with Gasteiger partial charge in [0.25, 0.3) is 0 Å². The van der Waals surface area contributed by atoms with E-state index >= 15 is 0 Å². The second kappa shape index (κ2) is 5.96. The molecule has 0 bridgehead atoms. The van der Waals surface area contributed by atoms with Crippen LogP contribution in [0, 0.1) is 6.92 Å². The van der Waals surface area contributed by atoms with Crippen molar-refractivity contribution in [2.24, 2.45) is 0 Å². The summed E-state index contributed by atoms with van der Waals surface area (Å²) in [6.45, 7) is 5.28. The van der Waals surface area contributed by atoms with Crippen molar-refractivity contribution < 1.29 is 0 Å². The molecule has 1 aromatic heterocycles. The average Bonchev–Trinajstić information content (AvgIpc) is 2.57. The maximum atomic E-state index is 4.51. The minimum absolute atomic E-state index is 0.885. The first-order valence-electron chi connectivity index (χ1n) is 6.52. The summed E-state index contributed by atoms with van der Waals surface area (Å²) in [6, 6.07) is 1.98. The van der Waals surface area contributed by atoms with Gasteiger partial charge in [0.05, 0.1) is 6.54 Å². The zero-order chi connectivity index (χ0) is 12.1. The maximum absolute atomic E-state index is 4.51. The second-order valence-electron chi connectivity index (χ2n) is 4.75. The maximum Gasteiger partial charge on any atom is 0.144 e. The Morgan fingerprint density at radius 3 is 2.53 bits per heavy atom. The SMILES string of the molecule is CNc1cc(C)nc(CN2CCCCCC2)n1. The fourth-order valence-electron chi connectivity index (χ4n) is 2.32. The van der Waals surface area contributed by atoms with Crippen molar-refractivity contribution in [2.45, 2.75) is 39.2 Å². The fourth-order valence-corrected chi connectivity index (χ4v) is 2.32. The van der Waals surface area contributed by atoms with Gasteiger partial charge in [0, 0.05) is 18.8 Å². The summed E-state index contributed by atoms with van der Waals surface area (Å²) in [5.41, 5.74) is 1.04. The summed E-state index contributed by atoms with van der Waals surface area (Å²) in [6.07, 6.45) is 5.36. The molecule has 0 amide bonds. The Bertz CT molecular complexity index is 356. The van der Waals surface area contributed by atoms with E-state index in [1.165, 1.54) is 38.8 Å². The molecule has 2 rings (SSSR count). The lowest BCUT2D eigenvalue weighted by molar-refractivity contribution is 0.270. The van der Waals surface area contributed by atoms with Crippen LogP contribution in [0.5, 0.6) is 0 Å². The molecule has 4 heteroatoms. The van der Waals surface area contributed by atoms with Crippen LogP contribution in [0.2, 0.25) is 0 Å². The Morgan fingerprint density at radius 1 is 1.18 bits per heavy atom. The Hall–Kier alpha value is -1.16. The molecule has 0 aliphatic carbocycles. The smallest absolute Gasteiger partial charge is 0.144 e. The number of hydrogen-bond acceptors (Lipinski definition) is 4. The first kappa shape index (κ1) is 12.3. The van der Waals surface area contributed by atoms with Crippen molar-refractivity contribution in [3.63, 3.8) is 0 Å². The molecule has 1 aromatic rings. The zero-order valence-corrected chi connectivity index (χ0v) is 10.9. The average molecular weight is 234 g/mol. The predicted octanol–water partition coefficient (Wildman–Crippen LogP) is 2.20. The molecular formula is C13H22N4. The number of likely N-dealkylation sites (tertiary alicyclic amines) is 1. The summed E-state index contributed by atoms with van der Waals surface area (Å²) >= 11 is 0. The zero-order valence-electron chi connectivity index (χ0n) is 10.9. The highest BCUT2D eigenvalue weighted by molar-refractivity contribution is 5.34. The molecule has 0 unspecified atom stereocenters. The molecule has 1 aliphatic rings. The number of rotatable bonds is 3. The monoisotopic (exact) mass is 234 g/mol. The van der Waals surface area contributed by atoms with E-state index in [0.717, 1.165) is 23.9 Å². The van der Waals surface area contributed by atoms with Gasteiger partial charge in [-0.1, -0.05) is 12.8 Å². The van der Waals surface area contributed by atoms with Crippen molar-refractivity contribution in [2.75, 3.05) is 25.5 Å². The highest BCUT2D eigenvalue weighted by atomic mass is 15.2. The lowest BCUT2D eigenvalue weighted by Crippen LogP contribution is -2.25. The van der Waals surface area contributed by atoms with E-state index in [-0.39, 0.29) is 0 Å². The number of aromatic nitrogens is 2. The molecule has 4 nitrogen and oxygen atoms in total. The van der Waals surface area contributed by atoms with Gasteiger partial charge in [-0.15, -0.1) is 0 Å². The van der Waals surface area contributed by atoms with Gasteiger partial charge < -0.3 is 5.32 Å². The van der Waals surface area contributed by atoms with E-state index < -0.39 is 0 Å². The van der Waals surface area contributed by atoms with Gasteiger partial charge >= 0.3 is 0 Å². The Morgan fingerprint density at radius 2 is 1.88 bits per heavy atom. The third-order valence-electron chi connectivity index (χ3n) is 3.22.